The minimum Gasteiger partial charge on any atom is -0.299 e. The molecule has 31 heavy (non-hydrogen) atoms. The van der Waals surface area contributed by atoms with E-state index in [1.165, 1.54) is 44.9 Å². The van der Waals surface area contributed by atoms with Crippen LogP contribution in [0.5, 0.6) is 0 Å². The fraction of sp³-hybridized carbons (Fsp3) is 0.967. The molecule has 1 heteroatoms. The van der Waals surface area contributed by atoms with Gasteiger partial charge in [0, 0.05) is 11.3 Å². The fourth-order valence-corrected chi connectivity index (χ4v) is 6.20. The van der Waals surface area contributed by atoms with Crippen LogP contribution in [-0.4, -0.2) is 5.78 Å². The molecule has 2 saturated carbocycles. The minimum atomic E-state index is -0.151. The Morgan fingerprint density at radius 1 is 0.613 bits per heavy atom. The Morgan fingerprint density at radius 3 is 1.39 bits per heavy atom. The molecule has 0 saturated heterocycles. The lowest BCUT2D eigenvalue weighted by molar-refractivity contribution is -0.130. The van der Waals surface area contributed by atoms with Gasteiger partial charge in [-0.1, -0.05) is 102 Å². The summed E-state index contributed by atoms with van der Waals surface area (Å²) in [5.41, 5.74) is 1.29. The number of carbonyl (C=O) groups excluding carboxylic acids is 1. The van der Waals surface area contributed by atoms with Crippen LogP contribution in [0.15, 0.2) is 0 Å². The van der Waals surface area contributed by atoms with Gasteiger partial charge in [0.25, 0.3) is 0 Å². The molecule has 4 atom stereocenters. The first kappa shape index (κ1) is 28.7. The molecule has 0 aromatic heterocycles. The molecule has 2 aliphatic carbocycles. The van der Waals surface area contributed by atoms with Crippen molar-refractivity contribution < 1.29 is 4.79 Å². The quantitative estimate of drug-likeness (QED) is 0.430. The van der Waals surface area contributed by atoms with Gasteiger partial charge in [0.15, 0.2) is 0 Å². The van der Waals surface area contributed by atoms with Crippen molar-refractivity contribution in [3.63, 3.8) is 0 Å². The predicted molar refractivity (Wildman–Crippen MR) is 138 cm³/mol. The molecule has 0 N–H and O–H groups in total. The van der Waals surface area contributed by atoms with Crippen LogP contribution in [0.3, 0.4) is 0 Å². The molecule has 2 rings (SSSR count). The Kier molecular flexibility index (Phi) is 9.94. The van der Waals surface area contributed by atoms with E-state index >= 15 is 0 Å². The van der Waals surface area contributed by atoms with Gasteiger partial charge in [-0.25, -0.2) is 0 Å². The highest BCUT2D eigenvalue weighted by molar-refractivity contribution is 5.86. The molecule has 2 aliphatic rings. The summed E-state index contributed by atoms with van der Waals surface area (Å²) < 4.78 is 0. The van der Waals surface area contributed by atoms with E-state index in [-0.39, 0.29) is 5.41 Å². The van der Waals surface area contributed by atoms with Gasteiger partial charge in [-0.15, -0.1) is 0 Å². The Bertz CT molecular complexity index is 521. The monoisotopic (exact) mass is 434 g/mol. The zero-order valence-corrected chi connectivity index (χ0v) is 23.6. The highest BCUT2D eigenvalue weighted by atomic mass is 16.1. The molecule has 0 aliphatic heterocycles. The van der Waals surface area contributed by atoms with Gasteiger partial charge in [-0.2, -0.15) is 0 Å². The summed E-state index contributed by atoms with van der Waals surface area (Å²) in [7, 11) is 0. The van der Waals surface area contributed by atoms with E-state index in [0.717, 1.165) is 30.6 Å². The van der Waals surface area contributed by atoms with Crippen LogP contribution in [-0.2, 0) is 4.79 Å². The van der Waals surface area contributed by atoms with Crippen molar-refractivity contribution in [2.45, 2.75) is 141 Å². The maximum Gasteiger partial charge on any atom is 0.141 e. The molecule has 0 heterocycles. The lowest BCUT2D eigenvalue weighted by Crippen LogP contribution is -2.27. The van der Waals surface area contributed by atoms with Gasteiger partial charge in [0.05, 0.1) is 0 Å². The largest absolute Gasteiger partial charge is 0.299 e. The molecule has 4 unspecified atom stereocenters. The lowest BCUT2D eigenvalue weighted by atomic mass is 9.74. The normalized spacial score (nSPS) is 27.7. The van der Waals surface area contributed by atoms with Crippen LogP contribution in [0.2, 0.25) is 0 Å². The minimum absolute atomic E-state index is 0.151. The number of hydrogen-bond donors (Lipinski definition) is 0. The molecular formula is C30H58O. The first-order valence-electron chi connectivity index (χ1n) is 13.3. The molecular weight excluding hydrogens is 376 g/mol. The van der Waals surface area contributed by atoms with Crippen LogP contribution in [0.25, 0.3) is 0 Å². The van der Waals surface area contributed by atoms with Gasteiger partial charge in [0.1, 0.15) is 5.78 Å². The molecule has 2 fully saturated rings. The summed E-state index contributed by atoms with van der Waals surface area (Å²) in [6, 6.07) is 0. The third-order valence-corrected chi connectivity index (χ3v) is 7.12. The first-order chi connectivity index (χ1) is 13.8. The first-order valence-corrected chi connectivity index (χ1v) is 13.3. The zero-order chi connectivity index (χ0) is 24.3. The maximum atomic E-state index is 12.2. The van der Waals surface area contributed by atoms with E-state index in [4.69, 9.17) is 0 Å². The maximum absolute atomic E-state index is 12.2. The van der Waals surface area contributed by atoms with E-state index in [1.807, 2.05) is 20.8 Å². The van der Waals surface area contributed by atoms with E-state index in [1.54, 1.807) is 0 Å². The van der Waals surface area contributed by atoms with Gasteiger partial charge < -0.3 is 0 Å². The van der Waals surface area contributed by atoms with Crippen molar-refractivity contribution in [2.24, 2.45) is 45.3 Å². The highest BCUT2D eigenvalue weighted by Gasteiger charge is 2.36. The van der Waals surface area contributed by atoms with Crippen LogP contribution in [0.1, 0.15) is 141 Å². The number of carbonyl (C=O) groups is 1. The second-order valence-electron chi connectivity index (χ2n) is 15.7. The summed E-state index contributed by atoms with van der Waals surface area (Å²) in [4.78, 5) is 12.2. The van der Waals surface area contributed by atoms with Crippen LogP contribution in [0, 0.1) is 45.3 Å². The SMILES string of the molecule is CC(C)(C)CC1CCC(C(=O)C(C)(C)C)C1.CC(C)(C)CC1CCCC1CC(C)(C)C. The third-order valence-electron chi connectivity index (χ3n) is 7.12. The zero-order valence-electron chi connectivity index (χ0n) is 23.6. The van der Waals surface area contributed by atoms with Crippen molar-refractivity contribution in [2.75, 3.05) is 0 Å². The van der Waals surface area contributed by atoms with Crippen molar-refractivity contribution >= 4 is 5.78 Å². The highest BCUT2D eigenvalue weighted by Crippen LogP contribution is 2.44. The predicted octanol–water partition coefficient (Wildman–Crippen LogP) is 9.73. The van der Waals surface area contributed by atoms with Crippen molar-refractivity contribution in [3.8, 4) is 0 Å². The Labute approximate surface area is 196 Å². The number of ketones is 1. The van der Waals surface area contributed by atoms with E-state index < -0.39 is 0 Å². The van der Waals surface area contributed by atoms with Gasteiger partial charge in [0.2, 0.25) is 0 Å². The third kappa shape index (κ3) is 11.9. The summed E-state index contributed by atoms with van der Waals surface area (Å²) in [5.74, 6) is 3.60. The van der Waals surface area contributed by atoms with Crippen LogP contribution >= 0.6 is 0 Å². The molecule has 0 amide bonds. The standard InChI is InChI=1S/C15H28O.C15H30/c1-14(2,3)10-11-7-8-12(9-11)13(16)15(4,5)6;1-14(2,3)10-12-8-7-9-13(12)11-15(4,5)6/h11-12H,7-10H2,1-6H3;12-13H,7-11H2,1-6H3. The average molecular weight is 435 g/mol. The van der Waals surface area contributed by atoms with Crippen LogP contribution in [0.4, 0.5) is 0 Å². The summed E-state index contributed by atoms with van der Waals surface area (Å²) in [6.45, 7) is 27.4. The molecule has 0 bridgehead atoms. The summed E-state index contributed by atoms with van der Waals surface area (Å²) in [6.07, 6.45) is 12.1. The van der Waals surface area contributed by atoms with Crippen molar-refractivity contribution in [1.82, 2.24) is 0 Å². The number of Topliss-reactive ketones (excluding diaryl/α,β-unsaturated/α-hetero) is 1. The smallest absolute Gasteiger partial charge is 0.141 e. The Hall–Kier alpha value is -0.330. The fourth-order valence-electron chi connectivity index (χ4n) is 6.20. The van der Waals surface area contributed by atoms with E-state index in [0.29, 0.717) is 27.9 Å². The van der Waals surface area contributed by atoms with E-state index in [9.17, 15) is 4.79 Å². The summed E-state index contributed by atoms with van der Waals surface area (Å²) in [5, 5.41) is 0. The van der Waals surface area contributed by atoms with Crippen LogP contribution < -0.4 is 0 Å². The Balaban J connectivity index is 0.000000311. The lowest BCUT2D eigenvalue weighted by Gasteiger charge is -2.31. The second-order valence-corrected chi connectivity index (χ2v) is 15.7. The number of rotatable bonds is 4. The van der Waals surface area contributed by atoms with Gasteiger partial charge in [-0.05, 0) is 72.5 Å². The van der Waals surface area contributed by atoms with Crippen molar-refractivity contribution in [1.29, 1.82) is 0 Å². The number of hydrogen-bond acceptors (Lipinski definition) is 1. The molecule has 0 spiro atoms. The molecule has 0 aromatic rings. The second kappa shape index (κ2) is 10.7. The average Bonchev–Trinajstić information content (AvgIpc) is 3.11. The van der Waals surface area contributed by atoms with Gasteiger partial charge in [-0.3, -0.25) is 4.79 Å². The summed E-state index contributed by atoms with van der Waals surface area (Å²) >= 11 is 0. The van der Waals surface area contributed by atoms with E-state index in [2.05, 4.69) is 62.3 Å². The Morgan fingerprint density at radius 2 is 1.03 bits per heavy atom. The molecule has 0 aromatic carbocycles. The molecule has 0 radical (unpaired) electrons. The molecule has 184 valence electrons. The molecule has 1 nitrogen and oxygen atoms in total. The van der Waals surface area contributed by atoms with Crippen molar-refractivity contribution in [3.05, 3.63) is 0 Å². The topological polar surface area (TPSA) is 17.1 Å². The van der Waals surface area contributed by atoms with Gasteiger partial charge >= 0.3 is 0 Å².